The van der Waals surface area contributed by atoms with Crippen molar-refractivity contribution >= 4 is 11.9 Å². The van der Waals surface area contributed by atoms with Crippen LogP contribution >= 0.6 is 0 Å². The molecule has 0 aliphatic heterocycles. The standard InChI is InChI=1S/C25H34O/c1-23(2,3)19-12-10-17(11-13-19)14-18-15-20(24(4,5)6)22(26)21(16-18)25(7,8)9/h10-16H,1-9H3. The van der Waals surface area contributed by atoms with Crippen LogP contribution in [0.4, 0.5) is 0 Å². The zero-order valence-corrected chi connectivity index (χ0v) is 17.9. The number of Topliss-reactive ketones (excluding diaryl/α,β-unsaturated/α-hetero) is 1. The number of hydrogen-bond donors (Lipinski definition) is 0. The second-order valence-corrected chi connectivity index (χ2v) is 10.5. The third-order valence-corrected chi connectivity index (χ3v) is 4.84. The highest BCUT2D eigenvalue weighted by Gasteiger charge is 2.33. The molecule has 1 heteroatoms. The molecule has 140 valence electrons. The molecule has 0 saturated heterocycles. The van der Waals surface area contributed by atoms with E-state index in [-0.39, 0.29) is 22.0 Å². The van der Waals surface area contributed by atoms with Gasteiger partial charge in [0.2, 0.25) is 0 Å². The lowest BCUT2D eigenvalue weighted by atomic mass is 9.72. The van der Waals surface area contributed by atoms with Gasteiger partial charge in [-0.15, -0.1) is 0 Å². The minimum atomic E-state index is -0.170. The Morgan fingerprint density at radius 1 is 0.654 bits per heavy atom. The van der Waals surface area contributed by atoms with Crippen LogP contribution in [0.15, 0.2) is 53.1 Å². The average molecular weight is 351 g/mol. The molecule has 1 nitrogen and oxygen atoms in total. The van der Waals surface area contributed by atoms with Crippen LogP contribution in [-0.4, -0.2) is 5.78 Å². The van der Waals surface area contributed by atoms with Gasteiger partial charge in [-0.25, -0.2) is 0 Å². The van der Waals surface area contributed by atoms with Crippen molar-refractivity contribution in [1.82, 2.24) is 0 Å². The molecule has 0 radical (unpaired) electrons. The molecular weight excluding hydrogens is 316 g/mol. The van der Waals surface area contributed by atoms with E-state index in [9.17, 15) is 4.79 Å². The molecule has 0 amide bonds. The minimum absolute atomic E-state index is 0.154. The number of carbonyl (C=O) groups excluding carboxylic acids is 1. The lowest BCUT2D eigenvalue weighted by Crippen LogP contribution is -2.27. The van der Waals surface area contributed by atoms with E-state index in [1.807, 2.05) is 0 Å². The first-order valence-electron chi connectivity index (χ1n) is 9.51. The van der Waals surface area contributed by atoms with Crippen LogP contribution in [0.25, 0.3) is 6.08 Å². The maximum absolute atomic E-state index is 13.0. The zero-order valence-electron chi connectivity index (χ0n) is 17.9. The summed E-state index contributed by atoms with van der Waals surface area (Å²) in [6, 6.07) is 8.73. The number of benzene rings is 1. The molecule has 1 aromatic carbocycles. The Morgan fingerprint density at radius 3 is 1.42 bits per heavy atom. The molecule has 0 saturated carbocycles. The van der Waals surface area contributed by atoms with Crippen LogP contribution in [-0.2, 0) is 10.2 Å². The topological polar surface area (TPSA) is 17.1 Å². The Hall–Kier alpha value is -1.89. The molecule has 0 N–H and O–H groups in total. The van der Waals surface area contributed by atoms with Crippen molar-refractivity contribution in [3.05, 3.63) is 64.3 Å². The summed E-state index contributed by atoms with van der Waals surface area (Å²) in [4.78, 5) is 13.0. The van der Waals surface area contributed by atoms with Crippen LogP contribution in [0, 0.1) is 10.8 Å². The van der Waals surface area contributed by atoms with E-state index in [1.165, 1.54) is 5.56 Å². The highest BCUT2D eigenvalue weighted by Crippen LogP contribution is 2.39. The number of allylic oxidation sites excluding steroid dienone is 5. The number of rotatable bonds is 1. The smallest absolute Gasteiger partial charge is 0.186 e. The maximum Gasteiger partial charge on any atom is 0.186 e. The van der Waals surface area contributed by atoms with Crippen LogP contribution in [0.1, 0.15) is 73.4 Å². The van der Waals surface area contributed by atoms with Gasteiger partial charge in [0.1, 0.15) is 0 Å². The van der Waals surface area contributed by atoms with Gasteiger partial charge in [-0.2, -0.15) is 0 Å². The van der Waals surface area contributed by atoms with Crippen molar-refractivity contribution < 1.29 is 4.79 Å². The first-order chi connectivity index (χ1) is 11.7. The van der Waals surface area contributed by atoms with E-state index in [0.717, 1.165) is 22.3 Å². The number of ketones is 1. The van der Waals surface area contributed by atoms with Gasteiger partial charge in [0.05, 0.1) is 0 Å². The Bertz CT molecular complexity index is 741. The molecule has 1 aliphatic rings. The van der Waals surface area contributed by atoms with Gasteiger partial charge >= 0.3 is 0 Å². The van der Waals surface area contributed by atoms with Crippen molar-refractivity contribution in [3.63, 3.8) is 0 Å². The second-order valence-electron chi connectivity index (χ2n) is 10.5. The van der Waals surface area contributed by atoms with Crippen molar-refractivity contribution in [3.8, 4) is 0 Å². The quantitative estimate of drug-likeness (QED) is 0.538. The highest BCUT2D eigenvalue weighted by molar-refractivity contribution is 6.12. The van der Waals surface area contributed by atoms with Gasteiger partial charge in [-0.1, -0.05) is 86.6 Å². The summed E-state index contributed by atoms with van der Waals surface area (Å²) < 4.78 is 0. The molecule has 2 rings (SSSR count). The fourth-order valence-electron chi connectivity index (χ4n) is 3.12. The summed E-state index contributed by atoms with van der Waals surface area (Å²) in [7, 11) is 0. The summed E-state index contributed by atoms with van der Waals surface area (Å²) in [5.41, 5.74) is 5.19. The van der Waals surface area contributed by atoms with E-state index < -0.39 is 0 Å². The van der Waals surface area contributed by atoms with Gasteiger partial charge in [0.25, 0.3) is 0 Å². The Morgan fingerprint density at radius 2 is 1.08 bits per heavy atom. The number of hydrogen-bond acceptors (Lipinski definition) is 1. The Balaban J connectivity index is 2.51. The Kier molecular flexibility index (Phi) is 5.25. The summed E-state index contributed by atoms with van der Waals surface area (Å²) in [5.74, 6) is 0.185. The van der Waals surface area contributed by atoms with Crippen molar-refractivity contribution in [2.75, 3.05) is 0 Å². The maximum atomic E-state index is 13.0. The molecule has 0 bridgehead atoms. The molecule has 0 unspecified atom stereocenters. The normalized spacial score (nSPS) is 16.3. The van der Waals surface area contributed by atoms with Crippen LogP contribution in [0.2, 0.25) is 0 Å². The van der Waals surface area contributed by atoms with E-state index in [2.05, 4.69) is 105 Å². The van der Waals surface area contributed by atoms with Crippen LogP contribution < -0.4 is 0 Å². The van der Waals surface area contributed by atoms with Crippen molar-refractivity contribution in [2.24, 2.45) is 10.8 Å². The van der Waals surface area contributed by atoms with E-state index in [1.54, 1.807) is 0 Å². The molecule has 0 spiro atoms. The lowest BCUT2D eigenvalue weighted by molar-refractivity contribution is -0.114. The van der Waals surface area contributed by atoms with Gasteiger partial charge in [-0.3, -0.25) is 4.79 Å². The van der Waals surface area contributed by atoms with Crippen molar-refractivity contribution in [1.29, 1.82) is 0 Å². The fourth-order valence-corrected chi connectivity index (χ4v) is 3.12. The van der Waals surface area contributed by atoms with E-state index in [4.69, 9.17) is 0 Å². The Labute approximate surface area is 159 Å². The average Bonchev–Trinajstić information content (AvgIpc) is 2.46. The SMILES string of the molecule is CC(C)(C)C1=CC(=Cc2ccc(C(C)(C)C)cc2)C=C(C(C)(C)C)C1=O. The number of carbonyl (C=O) groups is 1. The molecule has 26 heavy (non-hydrogen) atoms. The molecular formula is C25H34O. The van der Waals surface area contributed by atoms with E-state index in [0.29, 0.717) is 0 Å². The van der Waals surface area contributed by atoms with Gasteiger partial charge in [0.15, 0.2) is 5.78 Å². The largest absolute Gasteiger partial charge is 0.289 e. The summed E-state index contributed by atoms with van der Waals surface area (Å²) in [6.45, 7) is 19.3. The molecule has 0 aromatic heterocycles. The van der Waals surface area contributed by atoms with Crippen molar-refractivity contribution in [2.45, 2.75) is 67.7 Å². The van der Waals surface area contributed by atoms with Gasteiger partial charge in [-0.05, 0) is 51.2 Å². The lowest BCUT2D eigenvalue weighted by Gasteiger charge is -2.31. The monoisotopic (exact) mass is 350 g/mol. The molecule has 0 heterocycles. The van der Waals surface area contributed by atoms with Crippen LogP contribution in [0.5, 0.6) is 0 Å². The van der Waals surface area contributed by atoms with Gasteiger partial charge < -0.3 is 0 Å². The third kappa shape index (κ3) is 4.63. The first-order valence-corrected chi connectivity index (χ1v) is 9.51. The summed E-state index contributed by atoms with van der Waals surface area (Å²) >= 11 is 0. The zero-order chi connectivity index (χ0) is 19.9. The second kappa shape index (κ2) is 6.68. The summed E-state index contributed by atoms with van der Waals surface area (Å²) in [6.07, 6.45) is 6.31. The summed E-state index contributed by atoms with van der Waals surface area (Å²) in [5, 5.41) is 0. The predicted octanol–water partition coefficient (Wildman–Crippen LogP) is 6.90. The molecule has 1 aliphatic carbocycles. The van der Waals surface area contributed by atoms with E-state index >= 15 is 0 Å². The molecule has 0 atom stereocenters. The minimum Gasteiger partial charge on any atom is -0.289 e. The molecule has 0 fully saturated rings. The third-order valence-electron chi connectivity index (χ3n) is 4.84. The first kappa shape index (κ1) is 20.4. The van der Waals surface area contributed by atoms with Crippen LogP contribution in [0.3, 0.4) is 0 Å². The molecule has 1 aromatic rings. The highest BCUT2D eigenvalue weighted by atomic mass is 16.1. The predicted molar refractivity (Wildman–Crippen MR) is 113 cm³/mol. The fraction of sp³-hybridized carbons (Fsp3) is 0.480. The van der Waals surface area contributed by atoms with Gasteiger partial charge in [0, 0.05) is 11.1 Å².